The van der Waals surface area contributed by atoms with Crippen LogP contribution < -0.4 is 10.2 Å². The molecule has 0 unspecified atom stereocenters. The Kier molecular flexibility index (Phi) is 3.59. The van der Waals surface area contributed by atoms with Gasteiger partial charge in [0.15, 0.2) is 0 Å². The summed E-state index contributed by atoms with van der Waals surface area (Å²) in [6, 6.07) is 8.93. The second-order valence-corrected chi connectivity index (χ2v) is 5.59. The Bertz CT molecular complexity index is 607. The minimum Gasteiger partial charge on any atom is -0.380 e. The van der Waals surface area contributed by atoms with Gasteiger partial charge in [-0.25, -0.2) is 0 Å². The minimum atomic E-state index is 0.849. The lowest BCUT2D eigenvalue weighted by molar-refractivity contribution is 0.743. The number of nitrogens with one attached hydrogen (secondary N) is 1. The second-order valence-electron chi connectivity index (χ2n) is 5.59. The highest BCUT2D eigenvalue weighted by molar-refractivity contribution is 5.56. The summed E-state index contributed by atoms with van der Waals surface area (Å²) in [7, 11) is 2.17. The van der Waals surface area contributed by atoms with Crippen molar-refractivity contribution < 1.29 is 0 Å². The molecule has 104 valence electrons. The van der Waals surface area contributed by atoms with E-state index < -0.39 is 0 Å². The highest BCUT2D eigenvalue weighted by atomic mass is 15.1. The number of benzene rings is 1. The van der Waals surface area contributed by atoms with Crippen LogP contribution in [0.25, 0.3) is 0 Å². The summed E-state index contributed by atoms with van der Waals surface area (Å²) in [5, 5.41) is 3.44. The van der Waals surface area contributed by atoms with Crippen molar-refractivity contribution in [3.05, 3.63) is 53.3 Å². The third-order valence-corrected chi connectivity index (χ3v) is 3.87. The first-order valence-corrected chi connectivity index (χ1v) is 7.21. The Morgan fingerprint density at radius 1 is 1.25 bits per heavy atom. The van der Waals surface area contributed by atoms with E-state index in [0.29, 0.717) is 0 Å². The van der Waals surface area contributed by atoms with Crippen molar-refractivity contribution in [2.75, 3.05) is 23.8 Å². The normalized spacial score (nSPS) is 14.0. The van der Waals surface area contributed by atoms with Crippen LogP contribution in [-0.2, 0) is 13.0 Å². The van der Waals surface area contributed by atoms with Crippen LogP contribution in [0.1, 0.15) is 23.1 Å². The van der Waals surface area contributed by atoms with Gasteiger partial charge >= 0.3 is 0 Å². The fourth-order valence-corrected chi connectivity index (χ4v) is 2.80. The fourth-order valence-electron chi connectivity index (χ4n) is 2.80. The van der Waals surface area contributed by atoms with Gasteiger partial charge in [-0.1, -0.05) is 12.1 Å². The van der Waals surface area contributed by atoms with Gasteiger partial charge < -0.3 is 10.2 Å². The van der Waals surface area contributed by atoms with E-state index in [4.69, 9.17) is 0 Å². The number of anilines is 2. The largest absolute Gasteiger partial charge is 0.380 e. The quantitative estimate of drug-likeness (QED) is 0.924. The van der Waals surface area contributed by atoms with E-state index >= 15 is 0 Å². The molecule has 3 nitrogen and oxygen atoms in total. The van der Waals surface area contributed by atoms with Crippen molar-refractivity contribution in [2.24, 2.45) is 0 Å². The molecule has 0 aliphatic carbocycles. The van der Waals surface area contributed by atoms with E-state index in [9.17, 15) is 0 Å². The molecule has 1 N–H and O–H groups in total. The number of nitrogens with zero attached hydrogens (tertiary/aromatic N) is 2. The van der Waals surface area contributed by atoms with Crippen molar-refractivity contribution in [3.8, 4) is 0 Å². The standard InChI is InChI=1S/C17H21N3/c1-13-8-16(12-18-10-13)19-11-14-5-6-17-15(9-14)4-3-7-20(17)2/h5-6,8-10,12,19H,3-4,7,11H2,1-2H3. The number of rotatable bonds is 3. The Labute approximate surface area is 120 Å². The van der Waals surface area contributed by atoms with Gasteiger partial charge in [-0.3, -0.25) is 4.98 Å². The molecule has 1 aromatic heterocycles. The molecule has 1 aromatic carbocycles. The molecule has 0 atom stereocenters. The molecule has 3 rings (SSSR count). The van der Waals surface area contributed by atoms with E-state index in [1.165, 1.54) is 41.8 Å². The average molecular weight is 267 g/mol. The molecular weight excluding hydrogens is 246 g/mol. The van der Waals surface area contributed by atoms with E-state index in [1.54, 1.807) is 0 Å². The lowest BCUT2D eigenvalue weighted by Gasteiger charge is -2.27. The molecule has 2 heterocycles. The number of fused-ring (bicyclic) bond motifs is 1. The first-order chi connectivity index (χ1) is 9.72. The predicted octanol–water partition coefficient (Wildman–Crippen LogP) is 3.38. The van der Waals surface area contributed by atoms with Crippen LogP contribution in [0.2, 0.25) is 0 Å². The summed E-state index contributed by atoms with van der Waals surface area (Å²) < 4.78 is 0. The van der Waals surface area contributed by atoms with Crippen LogP contribution in [0, 0.1) is 6.92 Å². The molecular formula is C17H21N3. The monoisotopic (exact) mass is 267 g/mol. The van der Waals surface area contributed by atoms with Crippen molar-refractivity contribution in [1.82, 2.24) is 4.98 Å². The summed E-state index contributed by atoms with van der Waals surface area (Å²) in [5.74, 6) is 0. The Hall–Kier alpha value is -2.03. The van der Waals surface area contributed by atoms with Gasteiger partial charge in [0, 0.05) is 38.2 Å². The first-order valence-electron chi connectivity index (χ1n) is 7.21. The van der Waals surface area contributed by atoms with Crippen LogP contribution in [0.4, 0.5) is 11.4 Å². The number of aryl methyl sites for hydroxylation is 2. The van der Waals surface area contributed by atoms with Crippen LogP contribution in [0.5, 0.6) is 0 Å². The van der Waals surface area contributed by atoms with Crippen LogP contribution in [-0.4, -0.2) is 18.6 Å². The van der Waals surface area contributed by atoms with Gasteiger partial charge in [-0.05, 0) is 48.6 Å². The van der Waals surface area contributed by atoms with Gasteiger partial charge in [0.2, 0.25) is 0 Å². The summed E-state index contributed by atoms with van der Waals surface area (Å²) in [4.78, 5) is 6.56. The maximum Gasteiger partial charge on any atom is 0.0532 e. The summed E-state index contributed by atoms with van der Waals surface area (Å²) in [6.07, 6.45) is 6.20. The molecule has 0 radical (unpaired) electrons. The molecule has 1 aliphatic rings. The third kappa shape index (κ3) is 2.77. The van der Waals surface area contributed by atoms with Gasteiger partial charge in [0.1, 0.15) is 0 Å². The Morgan fingerprint density at radius 2 is 2.15 bits per heavy atom. The number of hydrogen-bond acceptors (Lipinski definition) is 3. The Morgan fingerprint density at radius 3 is 3.00 bits per heavy atom. The molecule has 2 aromatic rings. The lowest BCUT2D eigenvalue weighted by atomic mass is 9.99. The fraction of sp³-hybridized carbons (Fsp3) is 0.353. The Balaban J connectivity index is 1.72. The molecule has 3 heteroatoms. The van der Waals surface area contributed by atoms with Crippen molar-refractivity contribution in [3.63, 3.8) is 0 Å². The highest BCUT2D eigenvalue weighted by Gasteiger charge is 2.13. The SMILES string of the molecule is Cc1cncc(NCc2ccc3c(c2)CCCN3C)c1. The number of hydrogen-bond donors (Lipinski definition) is 1. The average Bonchev–Trinajstić information content (AvgIpc) is 2.45. The van der Waals surface area contributed by atoms with Gasteiger partial charge in [0.25, 0.3) is 0 Å². The van der Waals surface area contributed by atoms with Gasteiger partial charge in [0.05, 0.1) is 5.69 Å². The topological polar surface area (TPSA) is 28.2 Å². The van der Waals surface area contributed by atoms with Crippen molar-refractivity contribution >= 4 is 11.4 Å². The van der Waals surface area contributed by atoms with Gasteiger partial charge in [-0.2, -0.15) is 0 Å². The maximum atomic E-state index is 4.21. The molecule has 0 amide bonds. The lowest BCUT2D eigenvalue weighted by Crippen LogP contribution is -2.24. The molecule has 0 saturated heterocycles. The zero-order valence-electron chi connectivity index (χ0n) is 12.2. The van der Waals surface area contributed by atoms with Crippen molar-refractivity contribution in [2.45, 2.75) is 26.3 Å². The van der Waals surface area contributed by atoms with E-state index in [-0.39, 0.29) is 0 Å². The van der Waals surface area contributed by atoms with E-state index in [0.717, 1.165) is 12.2 Å². The summed E-state index contributed by atoms with van der Waals surface area (Å²) >= 11 is 0. The van der Waals surface area contributed by atoms with Crippen LogP contribution in [0.3, 0.4) is 0 Å². The summed E-state index contributed by atoms with van der Waals surface area (Å²) in [6.45, 7) is 4.08. The van der Waals surface area contributed by atoms with Crippen LogP contribution in [0.15, 0.2) is 36.7 Å². The zero-order valence-corrected chi connectivity index (χ0v) is 12.2. The molecule has 0 bridgehead atoms. The molecule has 20 heavy (non-hydrogen) atoms. The second kappa shape index (κ2) is 5.53. The number of aromatic nitrogens is 1. The predicted molar refractivity (Wildman–Crippen MR) is 84.3 cm³/mol. The number of pyridine rings is 1. The third-order valence-electron chi connectivity index (χ3n) is 3.87. The van der Waals surface area contributed by atoms with E-state index in [2.05, 4.69) is 53.4 Å². The maximum absolute atomic E-state index is 4.21. The minimum absolute atomic E-state index is 0.849. The first kappa shape index (κ1) is 13.0. The van der Waals surface area contributed by atoms with Crippen molar-refractivity contribution in [1.29, 1.82) is 0 Å². The van der Waals surface area contributed by atoms with Crippen LogP contribution >= 0.6 is 0 Å². The zero-order chi connectivity index (χ0) is 13.9. The van der Waals surface area contributed by atoms with Gasteiger partial charge in [-0.15, -0.1) is 0 Å². The summed E-state index contributed by atoms with van der Waals surface area (Å²) in [5.41, 5.74) is 6.46. The molecule has 1 aliphatic heterocycles. The smallest absolute Gasteiger partial charge is 0.0532 e. The molecule has 0 spiro atoms. The molecule has 0 fully saturated rings. The highest BCUT2D eigenvalue weighted by Crippen LogP contribution is 2.27. The molecule has 0 saturated carbocycles. The van der Waals surface area contributed by atoms with E-state index in [1.807, 2.05) is 12.4 Å².